The summed E-state index contributed by atoms with van der Waals surface area (Å²) in [4.78, 5) is 13.2. The monoisotopic (exact) mass is 479 g/mol. The topological polar surface area (TPSA) is 87.7 Å². The maximum atomic E-state index is 13.1. The summed E-state index contributed by atoms with van der Waals surface area (Å²) in [5.74, 6) is 0.386. The average Bonchev–Trinajstić information content (AvgIpc) is 3.31. The minimum Gasteiger partial charge on any atom is -0.497 e. The summed E-state index contributed by atoms with van der Waals surface area (Å²) in [5.41, 5.74) is 0.500. The van der Waals surface area contributed by atoms with Gasteiger partial charge in [0.2, 0.25) is 0 Å². The van der Waals surface area contributed by atoms with Crippen LogP contribution in [0.5, 0.6) is 5.75 Å². The Bertz CT molecular complexity index is 983. The lowest BCUT2D eigenvalue weighted by Crippen LogP contribution is -2.44. The second-order valence-corrected chi connectivity index (χ2v) is 11.3. The van der Waals surface area contributed by atoms with Crippen molar-refractivity contribution in [1.82, 2.24) is 14.9 Å². The van der Waals surface area contributed by atoms with Crippen LogP contribution in [0.4, 0.5) is 0 Å². The molecule has 0 unspecified atom stereocenters. The molecule has 7 nitrogen and oxygen atoms in total. The number of benzene rings is 1. The van der Waals surface area contributed by atoms with Gasteiger partial charge in [-0.05, 0) is 56.1 Å². The standard InChI is InChI=1S/C23H33N3O4S2/c1-3-4-5-13-24-19-11-14-26(15-12-19)32(28,29)22-10-9-21(31-22)17-25-23(27)18-7-6-8-20(16-18)30-2/h6-10,16,19,24H,3-5,11-15,17H2,1-2H3,(H,25,27). The quantitative estimate of drug-likeness (QED) is 0.481. The maximum Gasteiger partial charge on any atom is 0.252 e. The molecule has 0 radical (unpaired) electrons. The number of carbonyl (C=O) groups is 1. The lowest BCUT2D eigenvalue weighted by Gasteiger charge is -2.31. The van der Waals surface area contributed by atoms with Gasteiger partial charge in [-0.2, -0.15) is 4.31 Å². The van der Waals surface area contributed by atoms with Crippen LogP contribution in [0.2, 0.25) is 0 Å². The van der Waals surface area contributed by atoms with Gasteiger partial charge in [0, 0.05) is 29.6 Å². The first-order valence-electron chi connectivity index (χ1n) is 11.2. The highest BCUT2D eigenvalue weighted by Crippen LogP contribution is 2.27. The molecule has 0 bridgehead atoms. The Labute approximate surface area is 195 Å². The SMILES string of the molecule is CCCCCNC1CCN(S(=O)(=O)c2ccc(CNC(=O)c3cccc(OC)c3)s2)CC1. The van der Waals surface area contributed by atoms with Gasteiger partial charge in [0.15, 0.2) is 0 Å². The third-order valence-corrected chi connectivity index (χ3v) is 9.10. The molecule has 0 saturated carbocycles. The normalized spacial score (nSPS) is 15.6. The van der Waals surface area contributed by atoms with Gasteiger partial charge in [0.05, 0.1) is 13.7 Å². The molecule has 1 aromatic carbocycles. The number of thiophene rings is 1. The number of carbonyl (C=O) groups excluding carboxylic acids is 1. The van der Waals surface area contributed by atoms with Crippen LogP contribution < -0.4 is 15.4 Å². The fourth-order valence-electron chi connectivity index (χ4n) is 3.73. The first-order valence-corrected chi connectivity index (χ1v) is 13.4. The number of sulfonamides is 1. The Morgan fingerprint density at radius 1 is 1.19 bits per heavy atom. The number of ether oxygens (including phenoxy) is 1. The number of nitrogens with zero attached hydrogens (tertiary/aromatic N) is 1. The van der Waals surface area contributed by atoms with Gasteiger partial charge < -0.3 is 15.4 Å². The van der Waals surface area contributed by atoms with Crippen LogP contribution in [-0.2, 0) is 16.6 Å². The molecule has 2 aromatic rings. The van der Waals surface area contributed by atoms with E-state index in [9.17, 15) is 13.2 Å². The minimum absolute atomic E-state index is 0.227. The van der Waals surface area contributed by atoms with Crippen molar-refractivity contribution in [2.45, 2.75) is 55.8 Å². The van der Waals surface area contributed by atoms with Gasteiger partial charge in [-0.3, -0.25) is 4.79 Å². The molecule has 1 aliphatic rings. The van der Waals surface area contributed by atoms with E-state index >= 15 is 0 Å². The number of nitrogens with one attached hydrogen (secondary N) is 2. The summed E-state index contributed by atoms with van der Waals surface area (Å²) >= 11 is 1.21. The second-order valence-electron chi connectivity index (χ2n) is 7.97. The molecular weight excluding hydrogens is 446 g/mol. The summed E-state index contributed by atoms with van der Waals surface area (Å²) in [5, 5.41) is 6.40. The van der Waals surface area contributed by atoms with Gasteiger partial charge in [-0.15, -0.1) is 11.3 Å². The Hall–Kier alpha value is -1.94. The number of piperidine rings is 1. The van der Waals surface area contributed by atoms with E-state index in [4.69, 9.17) is 4.74 Å². The van der Waals surface area contributed by atoms with Crippen molar-refractivity contribution in [3.8, 4) is 5.75 Å². The summed E-state index contributed by atoms with van der Waals surface area (Å²) < 4.78 is 33.2. The molecule has 1 saturated heterocycles. The van der Waals surface area contributed by atoms with Crippen LogP contribution in [0.15, 0.2) is 40.6 Å². The van der Waals surface area contributed by atoms with E-state index in [-0.39, 0.29) is 12.5 Å². The third-order valence-electron chi connectivity index (χ3n) is 5.65. The van der Waals surface area contributed by atoms with E-state index in [1.165, 1.54) is 30.6 Å². The molecule has 176 valence electrons. The Morgan fingerprint density at radius 2 is 1.97 bits per heavy atom. The van der Waals surface area contributed by atoms with Crippen LogP contribution in [-0.4, -0.2) is 51.4 Å². The molecule has 2 N–H and O–H groups in total. The van der Waals surface area contributed by atoms with E-state index in [1.54, 1.807) is 47.8 Å². The van der Waals surface area contributed by atoms with E-state index in [1.807, 2.05) is 0 Å². The Kier molecular flexibility index (Phi) is 9.10. The average molecular weight is 480 g/mol. The predicted octanol–water partition coefficient (Wildman–Crippen LogP) is 3.62. The molecule has 0 spiro atoms. The fourth-order valence-corrected chi connectivity index (χ4v) is 6.65. The number of hydrogen-bond acceptors (Lipinski definition) is 6. The smallest absolute Gasteiger partial charge is 0.252 e. The molecule has 1 aromatic heterocycles. The van der Waals surface area contributed by atoms with Gasteiger partial charge >= 0.3 is 0 Å². The van der Waals surface area contributed by atoms with E-state index in [0.29, 0.717) is 34.7 Å². The van der Waals surface area contributed by atoms with Gasteiger partial charge in [0.25, 0.3) is 15.9 Å². The molecule has 0 atom stereocenters. The van der Waals surface area contributed by atoms with E-state index in [0.717, 1.165) is 24.3 Å². The first-order chi connectivity index (χ1) is 15.4. The molecule has 1 aliphatic heterocycles. The van der Waals surface area contributed by atoms with E-state index in [2.05, 4.69) is 17.6 Å². The zero-order chi connectivity index (χ0) is 23.0. The highest BCUT2D eigenvalue weighted by atomic mass is 32.2. The van der Waals surface area contributed by atoms with Crippen LogP contribution in [0.25, 0.3) is 0 Å². The molecule has 3 rings (SSSR count). The van der Waals surface area contributed by atoms with Crippen molar-refractivity contribution < 1.29 is 17.9 Å². The number of hydrogen-bond donors (Lipinski definition) is 2. The van der Waals surface area contributed by atoms with Crippen molar-refractivity contribution in [3.05, 3.63) is 46.8 Å². The molecule has 9 heteroatoms. The summed E-state index contributed by atoms with van der Waals surface area (Å²) in [6.07, 6.45) is 5.26. The zero-order valence-electron chi connectivity index (χ0n) is 18.8. The summed E-state index contributed by atoms with van der Waals surface area (Å²) in [7, 11) is -1.95. The highest BCUT2D eigenvalue weighted by molar-refractivity contribution is 7.91. The summed E-state index contributed by atoms with van der Waals surface area (Å²) in [6, 6.07) is 10.7. The van der Waals surface area contributed by atoms with Crippen LogP contribution in [0.3, 0.4) is 0 Å². The van der Waals surface area contributed by atoms with E-state index < -0.39 is 10.0 Å². The molecule has 1 amide bonds. The molecule has 0 aliphatic carbocycles. The molecule has 32 heavy (non-hydrogen) atoms. The Balaban J connectivity index is 1.51. The van der Waals surface area contributed by atoms with Crippen LogP contribution in [0.1, 0.15) is 54.3 Å². The number of rotatable bonds is 11. The molecule has 1 fully saturated rings. The number of methoxy groups -OCH3 is 1. The second kappa shape index (κ2) is 11.8. The van der Waals surface area contributed by atoms with Crippen molar-refractivity contribution in [2.75, 3.05) is 26.7 Å². The minimum atomic E-state index is -3.50. The first kappa shape index (κ1) is 24.7. The fraction of sp³-hybridized carbons (Fsp3) is 0.522. The lowest BCUT2D eigenvalue weighted by molar-refractivity contribution is 0.0951. The van der Waals surface area contributed by atoms with Crippen molar-refractivity contribution >= 4 is 27.3 Å². The highest BCUT2D eigenvalue weighted by Gasteiger charge is 2.30. The van der Waals surface area contributed by atoms with Crippen LogP contribution >= 0.6 is 11.3 Å². The van der Waals surface area contributed by atoms with Crippen LogP contribution in [0, 0.1) is 0 Å². The lowest BCUT2D eigenvalue weighted by atomic mass is 10.1. The molecular formula is C23H33N3O4S2. The van der Waals surface area contributed by atoms with Crippen molar-refractivity contribution in [3.63, 3.8) is 0 Å². The summed E-state index contributed by atoms with van der Waals surface area (Å²) in [6.45, 7) is 4.54. The Morgan fingerprint density at radius 3 is 2.69 bits per heavy atom. The van der Waals surface area contributed by atoms with Gasteiger partial charge in [-0.1, -0.05) is 25.8 Å². The largest absolute Gasteiger partial charge is 0.497 e. The zero-order valence-corrected chi connectivity index (χ0v) is 20.4. The predicted molar refractivity (Wildman–Crippen MR) is 128 cm³/mol. The van der Waals surface area contributed by atoms with Gasteiger partial charge in [0.1, 0.15) is 9.96 Å². The number of amides is 1. The van der Waals surface area contributed by atoms with Gasteiger partial charge in [-0.25, -0.2) is 8.42 Å². The van der Waals surface area contributed by atoms with Crippen molar-refractivity contribution in [2.24, 2.45) is 0 Å². The van der Waals surface area contributed by atoms with Crippen molar-refractivity contribution in [1.29, 1.82) is 0 Å². The third kappa shape index (κ3) is 6.54. The maximum absolute atomic E-state index is 13.1. The molecule has 2 heterocycles. The number of unbranched alkanes of at least 4 members (excludes halogenated alkanes) is 2.